The summed E-state index contributed by atoms with van der Waals surface area (Å²) in [5.74, 6) is -2.43. The first-order chi connectivity index (χ1) is 7.18. The average Bonchev–Trinajstić information content (AvgIpc) is 2.26. The Morgan fingerprint density at radius 2 is 1.67 bits per heavy atom. The van der Waals surface area contributed by atoms with Crippen molar-refractivity contribution in [3.05, 3.63) is 29.3 Å². The van der Waals surface area contributed by atoms with Gasteiger partial charge in [0, 0.05) is 0 Å². The zero-order valence-corrected chi connectivity index (χ0v) is 8.26. The summed E-state index contributed by atoms with van der Waals surface area (Å²) in [6.45, 7) is 1.74. The van der Waals surface area contributed by atoms with Gasteiger partial charge >= 0.3 is 0 Å². The Morgan fingerprint density at radius 3 is 2.20 bits per heavy atom. The lowest BCUT2D eigenvalue weighted by Crippen LogP contribution is -2.26. The molecule has 0 aliphatic carbocycles. The normalized spacial score (nSPS) is 18.0. The van der Waals surface area contributed by atoms with Crippen molar-refractivity contribution < 1.29 is 13.9 Å². The Kier molecular flexibility index (Phi) is 2.86. The van der Waals surface area contributed by atoms with Crippen LogP contribution in [-0.2, 0) is 0 Å². The second-order valence-corrected chi connectivity index (χ2v) is 3.86. The number of halogens is 2. The Balaban J connectivity index is 2.27. The maximum Gasteiger partial charge on any atom is 0.187 e. The van der Waals surface area contributed by atoms with Crippen LogP contribution in [0.15, 0.2) is 12.1 Å². The van der Waals surface area contributed by atoms with Crippen LogP contribution in [0.3, 0.4) is 0 Å². The van der Waals surface area contributed by atoms with Gasteiger partial charge in [0.25, 0.3) is 0 Å². The molecule has 1 saturated heterocycles. The van der Waals surface area contributed by atoms with Crippen LogP contribution in [0.25, 0.3) is 0 Å². The first-order valence-corrected chi connectivity index (χ1v) is 5.07. The lowest BCUT2D eigenvalue weighted by atomic mass is 9.90. The van der Waals surface area contributed by atoms with Crippen molar-refractivity contribution in [3.8, 4) is 5.75 Å². The Morgan fingerprint density at radius 1 is 1.13 bits per heavy atom. The van der Waals surface area contributed by atoms with Gasteiger partial charge in [0.1, 0.15) is 0 Å². The fourth-order valence-electron chi connectivity index (χ4n) is 1.98. The van der Waals surface area contributed by atoms with Crippen LogP contribution < -0.4 is 5.32 Å². The smallest absolute Gasteiger partial charge is 0.187 e. The lowest BCUT2D eigenvalue weighted by Gasteiger charge is -2.23. The number of aromatic hydroxyl groups is 1. The second kappa shape index (κ2) is 4.14. The van der Waals surface area contributed by atoms with Gasteiger partial charge in [-0.15, -0.1) is 0 Å². The van der Waals surface area contributed by atoms with Crippen LogP contribution in [0.4, 0.5) is 8.78 Å². The molecule has 0 amide bonds. The fraction of sp³-hybridized carbons (Fsp3) is 0.455. The molecule has 0 aromatic heterocycles. The van der Waals surface area contributed by atoms with Crippen LogP contribution in [0.2, 0.25) is 0 Å². The molecule has 1 fully saturated rings. The third-order valence-corrected chi connectivity index (χ3v) is 2.85. The molecule has 0 spiro atoms. The monoisotopic (exact) mass is 213 g/mol. The van der Waals surface area contributed by atoms with Crippen LogP contribution in [0.1, 0.15) is 24.3 Å². The van der Waals surface area contributed by atoms with E-state index in [1.54, 1.807) is 0 Å². The minimum atomic E-state index is -0.882. The molecule has 82 valence electrons. The number of phenolic OH excluding ortho intramolecular Hbond substituents is 1. The summed E-state index contributed by atoms with van der Waals surface area (Å²) in [6.07, 6.45) is 1.76. The molecule has 1 aliphatic rings. The Hall–Kier alpha value is -1.16. The van der Waals surface area contributed by atoms with Gasteiger partial charge in [-0.1, -0.05) is 0 Å². The molecule has 0 radical (unpaired) electrons. The Bertz CT molecular complexity index is 339. The summed E-state index contributed by atoms with van der Waals surface area (Å²) in [7, 11) is 0. The van der Waals surface area contributed by atoms with E-state index in [2.05, 4.69) is 5.32 Å². The molecule has 15 heavy (non-hydrogen) atoms. The van der Waals surface area contributed by atoms with Gasteiger partial charge in [-0.3, -0.25) is 0 Å². The zero-order chi connectivity index (χ0) is 10.8. The molecule has 0 saturated carbocycles. The van der Waals surface area contributed by atoms with E-state index in [9.17, 15) is 8.78 Å². The molecule has 2 N–H and O–H groups in total. The second-order valence-electron chi connectivity index (χ2n) is 3.86. The van der Waals surface area contributed by atoms with Crippen molar-refractivity contribution in [1.82, 2.24) is 5.32 Å². The van der Waals surface area contributed by atoms with Crippen molar-refractivity contribution in [2.75, 3.05) is 13.1 Å². The molecule has 1 heterocycles. The average molecular weight is 213 g/mol. The number of hydrogen-bond donors (Lipinski definition) is 2. The molecule has 2 nitrogen and oxygen atoms in total. The molecule has 0 unspecified atom stereocenters. The highest BCUT2D eigenvalue weighted by Gasteiger charge is 2.18. The number of hydrogen-bond acceptors (Lipinski definition) is 2. The topological polar surface area (TPSA) is 32.3 Å². The third-order valence-electron chi connectivity index (χ3n) is 2.85. The van der Waals surface area contributed by atoms with Crippen molar-refractivity contribution in [2.45, 2.75) is 18.8 Å². The molecule has 1 aromatic rings. The van der Waals surface area contributed by atoms with E-state index in [0.29, 0.717) is 5.56 Å². The van der Waals surface area contributed by atoms with E-state index >= 15 is 0 Å². The minimum Gasteiger partial charge on any atom is -0.503 e. The van der Waals surface area contributed by atoms with Crippen molar-refractivity contribution in [3.63, 3.8) is 0 Å². The van der Waals surface area contributed by atoms with Crippen molar-refractivity contribution in [1.29, 1.82) is 0 Å². The molecule has 1 aromatic carbocycles. The number of rotatable bonds is 1. The van der Waals surface area contributed by atoms with Gasteiger partial charge in [0.05, 0.1) is 0 Å². The largest absolute Gasteiger partial charge is 0.503 e. The molecular weight excluding hydrogens is 200 g/mol. The molecule has 2 rings (SSSR count). The summed E-state index contributed by atoms with van der Waals surface area (Å²) in [4.78, 5) is 0. The van der Waals surface area contributed by atoms with E-state index in [1.807, 2.05) is 0 Å². The summed E-state index contributed by atoms with van der Waals surface area (Å²) >= 11 is 0. The minimum absolute atomic E-state index is 0.191. The number of phenols is 1. The lowest BCUT2D eigenvalue weighted by molar-refractivity contribution is 0.391. The van der Waals surface area contributed by atoms with Gasteiger partial charge in [0.15, 0.2) is 17.4 Å². The van der Waals surface area contributed by atoms with Gasteiger partial charge in [0.2, 0.25) is 0 Å². The maximum absolute atomic E-state index is 13.1. The summed E-state index contributed by atoms with van der Waals surface area (Å²) in [5.41, 5.74) is 0.643. The van der Waals surface area contributed by atoms with Gasteiger partial charge in [-0.05, 0) is 49.5 Å². The molecule has 0 atom stereocenters. The first kappa shape index (κ1) is 10.4. The van der Waals surface area contributed by atoms with Crippen LogP contribution >= 0.6 is 0 Å². The van der Waals surface area contributed by atoms with E-state index in [4.69, 9.17) is 5.11 Å². The predicted octanol–water partition coefficient (Wildman–Crippen LogP) is 2.14. The highest BCUT2D eigenvalue weighted by atomic mass is 19.1. The summed E-state index contributed by atoms with van der Waals surface area (Å²) in [6, 6.07) is 2.46. The van der Waals surface area contributed by atoms with Gasteiger partial charge in [-0.25, -0.2) is 8.78 Å². The SMILES string of the molecule is Oc1c(F)cc(C2CCNCC2)cc1F. The van der Waals surface area contributed by atoms with E-state index < -0.39 is 17.4 Å². The molecule has 1 aliphatic heterocycles. The number of piperidine rings is 1. The van der Waals surface area contributed by atoms with Gasteiger partial charge < -0.3 is 10.4 Å². The van der Waals surface area contributed by atoms with Crippen LogP contribution in [0.5, 0.6) is 5.75 Å². The first-order valence-electron chi connectivity index (χ1n) is 5.07. The summed E-state index contributed by atoms with van der Waals surface area (Å²) in [5, 5.41) is 12.2. The molecular formula is C11H13F2NO. The summed E-state index contributed by atoms with van der Waals surface area (Å²) < 4.78 is 26.2. The third kappa shape index (κ3) is 2.09. The number of nitrogens with one attached hydrogen (secondary N) is 1. The zero-order valence-electron chi connectivity index (χ0n) is 8.26. The molecule has 0 bridgehead atoms. The van der Waals surface area contributed by atoms with E-state index in [-0.39, 0.29) is 5.92 Å². The van der Waals surface area contributed by atoms with Crippen molar-refractivity contribution in [2.24, 2.45) is 0 Å². The molecule has 4 heteroatoms. The van der Waals surface area contributed by atoms with Crippen LogP contribution in [0, 0.1) is 11.6 Å². The maximum atomic E-state index is 13.1. The highest BCUT2D eigenvalue weighted by Crippen LogP contribution is 2.30. The quantitative estimate of drug-likeness (QED) is 0.749. The standard InChI is InChI=1S/C11H13F2NO/c12-9-5-8(6-10(13)11(9)15)7-1-3-14-4-2-7/h5-7,14-15H,1-4H2. The number of benzene rings is 1. The van der Waals surface area contributed by atoms with Crippen molar-refractivity contribution >= 4 is 0 Å². The van der Waals surface area contributed by atoms with Crippen LogP contribution in [-0.4, -0.2) is 18.2 Å². The van der Waals surface area contributed by atoms with E-state index in [0.717, 1.165) is 25.9 Å². The predicted molar refractivity (Wildman–Crippen MR) is 52.9 cm³/mol. The van der Waals surface area contributed by atoms with Gasteiger partial charge in [-0.2, -0.15) is 0 Å². The Labute approximate surface area is 86.9 Å². The fourth-order valence-corrected chi connectivity index (χ4v) is 1.98. The van der Waals surface area contributed by atoms with E-state index in [1.165, 1.54) is 12.1 Å². The highest BCUT2D eigenvalue weighted by molar-refractivity contribution is 5.32.